The van der Waals surface area contributed by atoms with Gasteiger partial charge in [0, 0.05) is 18.6 Å². The Morgan fingerprint density at radius 1 is 1.21 bits per heavy atom. The monoisotopic (exact) mass is 414 g/mol. The van der Waals surface area contributed by atoms with Gasteiger partial charge in [0.1, 0.15) is 11.8 Å². The normalized spacial score (nSPS) is 22.0. The molecule has 29 heavy (non-hydrogen) atoms. The second-order valence-electron chi connectivity index (χ2n) is 7.20. The van der Waals surface area contributed by atoms with Crippen LogP contribution in [0.4, 0.5) is 28.4 Å². The Kier molecular flexibility index (Phi) is 5.58. The summed E-state index contributed by atoms with van der Waals surface area (Å²) in [6, 6.07) is 2.62. The van der Waals surface area contributed by atoms with Gasteiger partial charge in [-0.2, -0.15) is 0 Å². The molecule has 2 heterocycles. The lowest BCUT2D eigenvalue weighted by Gasteiger charge is -2.32. The van der Waals surface area contributed by atoms with Crippen LogP contribution in [0.2, 0.25) is 0 Å². The molecule has 1 aromatic carbocycles. The van der Waals surface area contributed by atoms with E-state index in [4.69, 9.17) is 0 Å². The van der Waals surface area contributed by atoms with Crippen molar-refractivity contribution in [3.8, 4) is 5.75 Å². The Morgan fingerprint density at radius 2 is 1.86 bits per heavy atom. The molecular weight excluding hydrogens is 393 g/mol. The van der Waals surface area contributed by atoms with E-state index in [1.54, 1.807) is 0 Å². The quantitative estimate of drug-likeness (QED) is 0.741. The molecule has 0 aliphatic carbocycles. The fourth-order valence-electron chi connectivity index (χ4n) is 3.46. The highest BCUT2D eigenvalue weighted by molar-refractivity contribution is 6.21. The van der Waals surface area contributed by atoms with E-state index in [0.717, 1.165) is 17.0 Å². The molecule has 5 amide bonds. The fraction of sp³-hybridized carbons (Fsp3) is 0.500. The molecule has 2 fully saturated rings. The number of benzene rings is 1. The van der Waals surface area contributed by atoms with Crippen LogP contribution in [0.3, 0.4) is 0 Å². The van der Waals surface area contributed by atoms with Crippen LogP contribution in [-0.2, 0) is 4.79 Å². The summed E-state index contributed by atoms with van der Waals surface area (Å²) in [5.41, 5.74) is 0.158. The van der Waals surface area contributed by atoms with Crippen LogP contribution < -0.4 is 20.3 Å². The molecule has 8 nitrogen and oxygen atoms in total. The lowest BCUT2D eigenvalue weighted by Crippen LogP contribution is -2.52. The zero-order chi connectivity index (χ0) is 21.3. The number of rotatable bonds is 4. The number of anilines is 1. The Bertz CT molecular complexity index is 797. The molecule has 2 atom stereocenters. The number of nitrogens with zero attached hydrogens (tertiary/aromatic N) is 2. The summed E-state index contributed by atoms with van der Waals surface area (Å²) in [4.78, 5) is 39.7. The number of halogens is 3. The van der Waals surface area contributed by atoms with Gasteiger partial charge in [0.15, 0.2) is 0 Å². The summed E-state index contributed by atoms with van der Waals surface area (Å²) >= 11 is 0. The second-order valence-corrected chi connectivity index (χ2v) is 7.20. The largest absolute Gasteiger partial charge is 0.573 e. The van der Waals surface area contributed by atoms with Crippen molar-refractivity contribution < 1.29 is 32.3 Å². The summed E-state index contributed by atoms with van der Waals surface area (Å²) in [5.74, 6) is -0.922. The number of ether oxygens (including phenoxy) is 1. The van der Waals surface area contributed by atoms with E-state index in [9.17, 15) is 27.6 Å². The number of alkyl halides is 3. The number of carbonyl (C=O) groups is 3. The molecule has 11 heteroatoms. The van der Waals surface area contributed by atoms with Crippen LogP contribution in [0.5, 0.6) is 5.75 Å². The van der Waals surface area contributed by atoms with Gasteiger partial charge in [-0.3, -0.25) is 4.79 Å². The van der Waals surface area contributed by atoms with E-state index >= 15 is 0 Å². The van der Waals surface area contributed by atoms with E-state index in [1.165, 1.54) is 17.0 Å². The molecule has 0 radical (unpaired) electrons. The molecule has 0 aromatic heterocycles. The van der Waals surface area contributed by atoms with Crippen LogP contribution in [0.25, 0.3) is 0 Å². The Labute approximate surface area is 165 Å². The Balaban J connectivity index is 1.69. The maximum absolute atomic E-state index is 12.8. The standard InChI is InChI=1S/C18H21F3N4O4/c1-10(2)22-16(27)23-11-7-8-24-14(9-11)15(26)25(17(24)28)12-3-5-13(6-4-12)29-18(19,20)21/h3-6,10-11,14H,7-9H2,1-2H3,(H2,22,23,27)/t11-,14-/m0/s1. The van der Waals surface area contributed by atoms with Crippen LogP contribution in [0.1, 0.15) is 26.7 Å². The van der Waals surface area contributed by atoms with E-state index < -0.39 is 30.1 Å². The van der Waals surface area contributed by atoms with E-state index in [1.807, 2.05) is 13.8 Å². The van der Waals surface area contributed by atoms with Gasteiger partial charge in [0.2, 0.25) is 0 Å². The molecule has 0 unspecified atom stereocenters. The summed E-state index contributed by atoms with van der Waals surface area (Å²) in [7, 11) is 0. The molecule has 0 spiro atoms. The minimum absolute atomic E-state index is 0.0374. The SMILES string of the molecule is CC(C)NC(=O)N[C@H]1CCN2C(=O)N(c3ccc(OC(F)(F)F)cc3)C(=O)[C@@H]2C1. The molecule has 3 rings (SSSR count). The number of nitrogens with one attached hydrogen (secondary N) is 2. The topological polar surface area (TPSA) is 91.0 Å². The van der Waals surface area contributed by atoms with Crippen molar-refractivity contribution in [2.24, 2.45) is 0 Å². The molecule has 0 bridgehead atoms. The van der Waals surface area contributed by atoms with Gasteiger partial charge in [-0.1, -0.05) is 0 Å². The Morgan fingerprint density at radius 3 is 2.45 bits per heavy atom. The third-order valence-corrected chi connectivity index (χ3v) is 4.63. The molecule has 2 aliphatic heterocycles. The highest BCUT2D eigenvalue weighted by Gasteiger charge is 2.48. The number of carbonyl (C=O) groups excluding carboxylic acids is 3. The van der Waals surface area contributed by atoms with Crippen molar-refractivity contribution in [1.29, 1.82) is 0 Å². The van der Waals surface area contributed by atoms with Crippen LogP contribution in [0, 0.1) is 0 Å². The average molecular weight is 414 g/mol. The first-order valence-electron chi connectivity index (χ1n) is 9.12. The van der Waals surface area contributed by atoms with Gasteiger partial charge < -0.3 is 20.3 Å². The molecular formula is C18H21F3N4O4. The number of piperidine rings is 1. The number of fused-ring (bicyclic) bond motifs is 1. The molecule has 1 aromatic rings. The van der Waals surface area contributed by atoms with Crippen LogP contribution >= 0.6 is 0 Å². The first kappa shape index (κ1) is 20.7. The van der Waals surface area contributed by atoms with Crippen molar-refractivity contribution in [2.45, 2.75) is 51.2 Å². The lowest BCUT2D eigenvalue weighted by molar-refractivity contribution is -0.274. The van der Waals surface area contributed by atoms with Crippen molar-refractivity contribution in [3.63, 3.8) is 0 Å². The molecule has 2 N–H and O–H groups in total. The summed E-state index contributed by atoms with van der Waals surface area (Å²) in [6.07, 6.45) is -4.07. The van der Waals surface area contributed by atoms with Gasteiger partial charge >= 0.3 is 18.4 Å². The summed E-state index contributed by atoms with van der Waals surface area (Å²) < 4.78 is 40.6. The average Bonchev–Trinajstić information content (AvgIpc) is 2.84. The minimum atomic E-state index is -4.83. The van der Waals surface area contributed by atoms with Gasteiger partial charge in [0.05, 0.1) is 5.69 Å². The number of amides is 5. The molecule has 0 saturated carbocycles. The van der Waals surface area contributed by atoms with E-state index in [2.05, 4.69) is 15.4 Å². The highest BCUT2D eigenvalue weighted by Crippen LogP contribution is 2.32. The van der Waals surface area contributed by atoms with Crippen molar-refractivity contribution in [2.75, 3.05) is 11.4 Å². The van der Waals surface area contributed by atoms with Gasteiger partial charge in [-0.25, -0.2) is 14.5 Å². The maximum Gasteiger partial charge on any atom is 0.573 e. The van der Waals surface area contributed by atoms with Crippen molar-refractivity contribution in [1.82, 2.24) is 15.5 Å². The molecule has 2 saturated heterocycles. The number of imide groups is 1. The first-order chi connectivity index (χ1) is 13.5. The van der Waals surface area contributed by atoms with E-state index in [-0.39, 0.29) is 36.8 Å². The predicted molar refractivity (Wildman–Crippen MR) is 96.3 cm³/mol. The maximum atomic E-state index is 12.8. The van der Waals surface area contributed by atoms with Gasteiger partial charge in [-0.15, -0.1) is 13.2 Å². The van der Waals surface area contributed by atoms with Gasteiger partial charge in [-0.05, 0) is 51.0 Å². The van der Waals surface area contributed by atoms with Crippen molar-refractivity contribution in [3.05, 3.63) is 24.3 Å². The third kappa shape index (κ3) is 4.72. The third-order valence-electron chi connectivity index (χ3n) is 4.63. The number of hydrogen-bond acceptors (Lipinski definition) is 4. The second kappa shape index (κ2) is 7.80. The number of hydrogen-bond donors (Lipinski definition) is 2. The summed E-state index contributed by atoms with van der Waals surface area (Å²) in [5, 5.41) is 5.51. The minimum Gasteiger partial charge on any atom is -0.406 e. The van der Waals surface area contributed by atoms with Crippen LogP contribution in [0.15, 0.2) is 24.3 Å². The smallest absolute Gasteiger partial charge is 0.406 e. The zero-order valence-corrected chi connectivity index (χ0v) is 15.8. The van der Waals surface area contributed by atoms with E-state index in [0.29, 0.717) is 6.42 Å². The lowest BCUT2D eigenvalue weighted by atomic mass is 9.98. The molecule has 158 valence electrons. The summed E-state index contributed by atoms with van der Waals surface area (Å²) in [6.45, 7) is 3.93. The first-order valence-corrected chi connectivity index (χ1v) is 9.12. The van der Waals surface area contributed by atoms with Gasteiger partial charge in [0.25, 0.3) is 5.91 Å². The highest BCUT2D eigenvalue weighted by atomic mass is 19.4. The van der Waals surface area contributed by atoms with Crippen LogP contribution in [-0.4, -0.2) is 53.9 Å². The predicted octanol–water partition coefficient (Wildman–Crippen LogP) is 2.59. The molecule has 2 aliphatic rings. The number of urea groups is 2. The van der Waals surface area contributed by atoms with Crippen molar-refractivity contribution >= 4 is 23.7 Å². The Hall–Kier alpha value is -2.98. The fourth-order valence-corrected chi connectivity index (χ4v) is 3.46. The zero-order valence-electron chi connectivity index (χ0n) is 15.8.